The van der Waals surface area contributed by atoms with Crippen LogP contribution in [0.25, 0.3) is 80.7 Å². The Hall–Kier alpha value is -6.68. The Morgan fingerprint density at radius 1 is 0.358 bits per heavy atom. The molecule has 0 fully saturated rings. The Balaban J connectivity index is 1.01. The lowest BCUT2D eigenvalue weighted by molar-refractivity contribution is 1.18. The fourth-order valence-electron chi connectivity index (χ4n) is 8.26. The van der Waals surface area contributed by atoms with Gasteiger partial charge in [-0.05, 0) is 99.8 Å². The van der Waals surface area contributed by atoms with Crippen molar-refractivity contribution < 1.29 is 0 Å². The zero-order chi connectivity index (χ0) is 34.9. The highest BCUT2D eigenvalue weighted by molar-refractivity contribution is 7.25. The molecule has 2 nitrogen and oxygen atoms in total. The van der Waals surface area contributed by atoms with Crippen LogP contribution in [0.5, 0.6) is 0 Å². The summed E-state index contributed by atoms with van der Waals surface area (Å²) in [6.45, 7) is 0. The molecule has 9 aromatic carbocycles. The summed E-state index contributed by atoms with van der Waals surface area (Å²) in [5, 5.41) is 7.85. The number of thiophene rings is 1. The standard InChI is InChI=1S/C50H32N2S/c1-2-9-33(10-3-1)34-21-25-39(26-22-34)51(42-29-30-44-43-15-4-5-18-47(43)53-48(44)32-42)40-27-23-35(24-28-40)38-13-6-14-41(31-38)52-45-16-7-11-36-19-20-37-12-8-17-46(52)50(37)49(36)45/h1-32H. The number of fused-ring (bicyclic) bond motifs is 3. The SMILES string of the molecule is c1ccc(-c2ccc(N(c3ccc(-c4cccc(-n5c6cccc7ccc8cccc5c8c76)c4)cc3)c3ccc4c(c3)sc3ccccc34)cc2)cc1. The van der Waals surface area contributed by atoms with E-state index in [0.717, 1.165) is 17.1 Å². The van der Waals surface area contributed by atoms with Gasteiger partial charge in [-0.25, -0.2) is 0 Å². The average molecular weight is 693 g/mol. The first-order valence-corrected chi connectivity index (χ1v) is 18.9. The van der Waals surface area contributed by atoms with Crippen LogP contribution in [0.1, 0.15) is 0 Å². The maximum absolute atomic E-state index is 2.42. The second-order valence-corrected chi connectivity index (χ2v) is 14.9. The van der Waals surface area contributed by atoms with Gasteiger partial charge in [0.15, 0.2) is 0 Å². The second kappa shape index (κ2) is 11.9. The number of hydrogen-bond donors (Lipinski definition) is 0. The summed E-state index contributed by atoms with van der Waals surface area (Å²) >= 11 is 1.86. The fourth-order valence-corrected chi connectivity index (χ4v) is 9.40. The van der Waals surface area contributed by atoms with Crippen LogP contribution in [0, 0.1) is 0 Å². The average Bonchev–Trinajstić information content (AvgIpc) is 3.77. The van der Waals surface area contributed by atoms with Crippen molar-refractivity contribution in [1.82, 2.24) is 4.57 Å². The van der Waals surface area contributed by atoms with Crippen molar-refractivity contribution >= 4 is 81.1 Å². The van der Waals surface area contributed by atoms with E-state index in [2.05, 4.69) is 204 Å². The summed E-state index contributed by atoms with van der Waals surface area (Å²) in [5.41, 5.74) is 11.8. The maximum atomic E-state index is 2.42. The van der Waals surface area contributed by atoms with Crippen LogP contribution in [-0.4, -0.2) is 4.57 Å². The first-order chi connectivity index (χ1) is 26.3. The van der Waals surface area contributed by atoms with Crippen LogP contribution in [0.3, 0.4) is 0 Å². The minimum absolute atomic E-state index is 1.12. The Labute approximate surface area is 311 Å². The number of hydrogen-bond acceptors (Lipinski definition) is 2. The fraction of sp³-hybridized carbons (Fsp3) is 0. The normalized spacial score (nSPS) is 11.8. The number of rotatable bonds is 6. The summed E-state index contributed by atoms with van der Waals surface area (Å²) in [6.07, 6.45) is 0. The molecule has 0 radical (unpaired) electrons. The molecule has 0 saturated heterocycles. The Bertz CT molecular complexity index is 3030. The predicted octanol–water partition coefficient (Wildman–Crippen LogP) is 14.5. The number of anilines is 3. The number of aromatic nitrogens is 1. The lowest BCUT2D eigenvalue weighted by atomic mass is 10.0. The van der Waals surface area contributed by atoms with Crippen molar-refractivity contribution in [1.29, 1.82) is 0 Å². The first-order valence-electron chi connectivity index (χ1n) is 18.1. The Morgan fingerprint density at radius 3 is 1.60 bits per heavy atom. The second-order valence-electron chi connectivity index (χ2n) is 13.8. The van der Waals surface area contributed by atoms with E-state index in [1.807, 2.05) is 11.3 Å². The van der Waals surface area contributed by atoms with Crippen LogP contribution in [0.2, 0.25) is 0 Å². The summed E-state index contributed by atoms with van der Waals surface area (Å²) < 4.78 is 5.03. The van der Waals surface area contributed by atoms with Crippen LogP contribution < -0.4 is 4.90 Å². The van der Waals surface area contributed by atoms with Crippen molar-refractivity contribution in [2.45, 2.75) is 0 Å². The van der Waals surface area contributed by atoms with E-state index in [0.29, 0.717) is 0 Å². The number of benzene rings is 9. The zero-order valence-corrected chi connectivity index (χ0v) is 29.6. The van der Waals surface area contributed by atoms with Gasteiger partial charge in [0, 0.05) is 53.7 Å². The molecule has 0 amide bonds. The highest BCUT2D eigenvalue weighted by Gasteiger charge is 2.18. The molecule has 2 heterocycles. The van der Waals surface area contributed by atoms with E-state index < -0.39 is 0 Å². The summed E-state index contributed by atoms with van der Waals surface area (Å²) in [7, 11) is 0. The van der Waals surface area contributed by atoms with E-state index in [1.165, 1.54) is 80.7 Å². The van der Waals surface area contributed by atoms with Crippen LogP contribution >= 0.6 is 11.3 Å². The Kier molecular flexibility index (Phi) is 6.76. The molecule has 0 saturated carbocycles. The third-order valence-corrected chi connectivity index (χ3v) is 11.9. The monoisotopic (exact) mass is 692 g/mol. The van der Waals surface area contributed by atoms with E-state index in [-0.39, 0.29) is 0 Å². The van der Waals surface area contributed by atoms with E-state index in [4.69, 9.17) is 0 Å². The molecule has 248 valence electrons. The molecule has 0 spiro atoms. The highest BCUT2D eigenvalue weighted by atomic mass is 32.1. The lowest BCUT2D eigenvalue weighted by Gasteiger charge is -2.26. The van der Waals surface area contributed by atoms with Crippen molar-refractivity contribution in [3.8, 4) is 27.9 Å². The molecular weight excluding hydrogens is 661 g/mol. The summed E-state index contributed by atoms with van der Waals surface area (Å²) in [4.78, 5) is 2.38. The third kappa shape index (κ3) is 4.86. The smallest absolute Gasteiger partial charge is 0.0547 e. The molecule has 0 aliphatic carbocycles. The summed E-state index contributed by atoms with van der Waals surface area (Å²) in [5.74, 6) is 0. The third-order valence-electron chi connectivity index (χ3n) is 10.7. The van der Waals surface area contributed by atoms with Gasteiger partial charge in [0.2, 0.25) is 0 Å². The minimum Gasteiger partial charge on any atom is -0.310 e. The van der Waals surface area contributed by atoms with Crippen molar-refractivity contribution in [2.24, 2.45) is 0 Å². The van der Waals surface area contributed by atoms with Gasteiger partial charge in [0.1, 0.15) is 0 Å². The van der Waals surface area contributed by atoms with Crippen molar-refractivity contribution in [3.05, 3.63) is 194 Å². The molecule has 0 N–H and O–H groups in total. The largest absolute Gasteiger partial charge is 0.310 e. The molecule has 0 aliphatic heterocycles. The molecule has 53 heavy (non-hydrogen) atoms. The molecular formula is C50H32N2S. The highest BCUT2D eigenvalue weighted by Crippen LogP contribution is 2.42. The van der Waals surface area contributed by atoms with Gasteiger partial charge in [-0.2, -0.15) is 0 Å². The van der Waals surface area contributed by atoms with Gasteiger partial charge in [0.25, 0.3) is 0 Å². The Morgan fingerprint density at radius 2 is 0.906 bits per heavy atom. The molecule has 3 heteroatoms. The first kappa shape index (κ1) is 30.0. The maximum Gasteiger partial charge on any atom is 0.0547 e. The lowest BCUT2D eigenvalue weighted by Crippen LogP contribution is -2.09. The number of nitrogens with zero attached hydrogens (tertiary/aromatic N) is 2. The van der Waals surface area contributed by atoms with E-state index in [9.17, 15) is 0 Å². The minimum atomic E-state index is 1.12. The molecule has 0 unspecified atom stereocenters. The van der Waals surface area contributed by atoms with Crippen molar-refractivity contribution in [3.63, 3.8) is 0 Å². The van der Waals surface area contributed by atoms with Gasteiger partial charge in [-0.15, -0.1) is 11.3 Å². The topological polar surface area (TPSA) is 8.17 Å². The van der Waals surface area contributed by atoms with Crippen molar-refractivity contribution in [2.75, 3.05) is 4.90 Å². The van der Waals surface area contributed by atoms with Crippen LogP contribution in [0.4, 0.5) is 17.1 Å². The van der Waals surface area contributed by atoms with Gasteiger partial charge < -0.3 is 9.47 Å². The summed E-state index contributed by atoms with van der Waals surface area (Å²) in [6, 6.07) is 70.9. The molecule has 2 aromatic heterocycles. The molecule has 11 aromatic rings. The predicted molar refractivity (Wildman–Crippen MR) is 228 cm³/mol. The van der Waals surface area contributed by atoms with Gasteiger partial charge >= 0.3 is 0 Å². The molecule has 0 atom stereocenters. The van der Waals surface area contributed by atoms with Crippen LogP contribution in [0.15, 0.2) is 194 Å². The van der Waals surface area contributed by atoms with E-state index >= 15 is 0 Å². The van der Waals surface area contributed by atoms with Gasteiger partial charge in [-0.3, -0.25) is 0 Å². The van der Waals surface area contributed by atoms with Gasteiger partial charge in [0.05, 0.1) is 11.0 Å². The quantitative estimate of drug-likeness (QED) is 0.158. The van der Waals surface area contributed by atoms with E-state index in [1.54, 1.807) is 0 Å². The van der Waals surface area contributed by atoms with Gasteiger partial charge in [-0.1, -0.05) is 127 Å². The zero-order valence-electron chi connectivity index (χ0n) is 28.8. The molecule has 0 aliphatic rings. The molecule has 11 rings (SSSR count). The van der Waals surface area contributed by atoms with Crippen LogP contribution in [-0.2, 0) is 0 Å². The molecule has 0 bridgehead atoms.